The van der Waals surface area contributed by atoms with Gasteiger partial charge in [-0.15, -0.1) is 0 Å². The van der Waals surface area contributed by atoms with Crippen molar-refractivity contribution in [2.75, 3.05) is 13.2 Å². The van der Waals surface area contributed by atoms with Gasteiger partial charge in [0.15, 0.2) is 0 Å². The van der Waals surface area contributed by atoms with Crippen LogP contribution in [0, 0.1) is 23.4 Å². The standard InChI is InChI=1S/C14H8F3N.C8H15NO2/c15-10-3-1-8(2-4-10)13-6-9-5-11(16)7-12(17)14(9)18-13;10-6-2-5-9-8(11)7-3-1-4-7/h1-7,18H;7,10H,1-6H2,(H,9,11). The second-order valence-electron chi connectivity index (χ2n) is 7.04. The van der Waals surface area contributed by atoms with Crippen LogP contribution in [0.15, 0.2) is 42.5 Å². The summed E-state index contributed by atoms with van der Waals surface area (Å²) in [6.45, 7) is 0.775. The van der Waals surface area contributed by atoms with Gasteiger partial charge in [-0.25, -0.2) is 13.2 Å². The lowest BCUT2D eigenvalue weighted by atomic mass is 9.85. The van der Waals surface area contributed by atoms with E-state index in [1.807, 2.05) is 0 Å². The first-order valence-corrected chi connectivity index (χ1v) is 9.60. The predicted octanol–water partition coefficient (Wildman–Crippen LogP) is 4.54. The molecule has 0 radical (unpaired) electrons. The lowest BCUT2D eigenvalue weighted by Gasteiger charge is -2.23. The Morgan fingerprint density at radius 3 is 2.41 bits per heavy atom. The van der Waals surface area contributed by atoms with E-state index in [-0.39, 0.29) is 29.8 Å². The number of H-pyrrole nitrogens is 1. The minimum absolute atomic E-state index is 0.158. The van der Waals surface area contributed by atoms with Gasteiger partial charge in [-0.2, -0.15) is 0 Å². The lowest BCUT2D eigenvalue weighted by molar-refractivity contribution is -0.127. The second-order valence-corrected chi connectivity index (χ2v) is 7.04. The van der Waals surface area contributed by atoms with Crippen molar-refractivity contribution in [1.29, 1.82) is 0 Å². The summed E-state index contributed by atoms with van der Waals surface area (Å²) < 4.78 is 39.4. The highest BCUT2D eigenvalue weighted by atomic mass is 19.1. The van der Waals surface area contributed by atoms with Gasteiger partial charge in [-0.1, -0.05) is 6.42 Å². The molecule has 4 nitrogen and oxygen atoms in total. The van der Waals surface area contributed by atoms with E-state index >= 15 is 0 Å². The molecule has 1 heterocycles. The van der Waals surface area contributed by atoms with Crippen molar-refractivity contribution >= 4 is 16.8 Å². The smallest absolute Gasteiger partial charge is 0.223 e. The SMILES string of the molecule is Fc1ccc(-c2cc3cc(F)cc(F)c3[nH]2)cc1.O=C(NCCCO)C1CCC1. The first-order valence-electron chi connectivity index (χ1n) is 9.60. The number of fused-ring (bicyclic) bond motifs is 1. The van der Waals surface area contributed by atoms with Gasteiger partial charge in [0.1, 0.15) is 17.5 Å². The molecule has 7 heteroatoms. The Hall–Kier alpha value is -2.80. The van der Waals surface area contributed by atoms with Crippen LogP contribution < -0.4 is 5.32 Å². The molecular formula is C22H23F3N2O2. The fraction of sp³-hybridized carbons (Fsp3) is 0.318. The summed E-state index contributed by atoms with van der Waals surface area (Å²) in [5.41, 5.74) is 1.58. The molecule has 1 aromatic heterocycles. The highest BCUT2D eigenvalue weighted by molar-refractivity contribution is 5.86. The molecule has 3 N–H and O–H groups in total. The molecule has 29 heavy (non-hydrogen) atoms. The van der Waals surface area contributed by atoms with Crippen LogP contribution in [-0.2, 0) is 4.79 Å². The van der Waals surface area contributed by atoms with Gasteiger partial charge in [-0.3, -0.25) is 4.79 Å². The average molecular weight is 404 g/mol. The number of nitrogens with one attached hydrogen (secondary N) is 2. The zero-order valence-electron chi connectivity index (χ0n) is 15.9. The zero-order valence-corrected chi connectivity index (χ0v) is 15.9. The molecule has 3 aromatic rings. The van der Waals surface area contributed by atoms with Crippen LogP contribution in [0.5, 0.6) is 0 Å². The number of hydrogen-bond donors (Lipinski definition) is 3. The fourth-order valence-corrected chi connectivity index (χ4v) is 3.06. The molecule has 0 bridgehead atoms. The second kappa shape index (κ2) is 9.60. The highest BCUT2D eigenvalue weighted by Gasteiger charge is 2.24. The third-order valence-electron chi connectivity index (χ3n) is 4.91. The Balaban J connectivity index is 0.000000188. The van der Waals surface area contributed by atoms with Crippen LogP contribution in [-0.4, -0.2) is 29.1 Å². The van der Waals surface area contributed by atoms with Crippen molar-refractivity contribution in [3.05, 3.63) is 59.9 Å². The van der Waals surface area contributed by atoms with E-state index in [2.05, 4.69) is 10.3 Å². The third-order valence-corrected chi connectivity index (χ3v) is 4.91. The van der Waals surface area contributed by atoms with E-state index in [4.69, 9.17) is 5.11 Å². The van der Waals surface area contributed by atoms with Gasteiger partial charge in [-0.05, 0) is 61.2 Å². The van der Waals surface area contributed by atoms with Crippen LogP contribution in [0.4, 0.5) is 13.2 Å². The molecule has 1 aliphatic carbocycles. The van der Waals surface area contributed by atoms with Gasteiger partial charge < -0.3 is 15.4 Å². The van der Waals surface area contributed by atoms with Gasteiger partial charge >= 0.3 is 0 Å². The number of carbonyl (C=O) groups is 1. The lowest BCUT2D eigenvalue weighted by Crippen LogP contribution is -2.35. The van der Waals surface area contributed by atoms with Crippen LogP contribution in [0.1, 0.15) is 25.7 Å². The van der Waals surface area contributed by atoms with Crippen molar-refractivity contribution in [3.8, 4) is 11.3 Å². The maximum absolute atomic E-state index is 13.5. The molecule has 0 spiro atoms. The molecule has 154 valence electrons. The maximum Gasteiger partial charge on any atom is 0.223 e. The highest BCUT2D eigenvalue weighted by Crippen LogP contribution is 2.27. The van der Waals surface area contributed by atoms with E-state index in [9.17, 15) is 18.0 Å². The van der Waals surface area contributed by atoms with Gasteiger partial charge in [0.2, 0.25) is 5.91 Å². The number of benzene rings is 2. The van der Waals surface area contributed by atoms with Crippen LogP contribution in [0.2, 0.25) is 0 Å². The largest absolute Gasteiger partial charge is 0.396 e. The van der Waals surface area contributed by atoms with Crippen LogP contribution in [0.25, 0.3) is 22.2 Å². The third kappa shape index (κ3) is 5.38. The fourth-order valence-electron chi connectivity index (χ4n) is 3.06. The summed E-state index contributed by atoms with van der Waals surface area (Å²) in [6.07, 6.45) is 3.95. The number of aromatic amines is 1. The minimum Gasteiger partial charge on any atom is -0.396 e. The van der Waals surface area contributed by atoms with Gasteiger partial charge in [0, 0.05) is 36.2 Å². The number of halogens is 3. The summed E-state index contributed by atoms with van der Waals surface area (Å²) >= 11 is 0. The van der Waals surface area contributed by atoms with Crippen molar-refractivity contribution in [2.45, 2.75) is 25.7 Å². The summed E-state index contributed by atoms with van der Waals surface area (Å²) in [4.78, 5) is 14.0. The first kappa shape index (κ1) is 20.9. The Labute approximate surface area is 166 Å². The molecule has 1 aliphatic rings. The van der Waals surface area contributed by atoms with Gasteiger partial charge in [0.25, 0.3) is 0 Å². The number of rotatable bonds is 5. The normalized spacial score (nSPS) is 13.5. The number of aliphatic hydroxyl groups is 1. The van der Waals surface area contributed by atoms with Crippen molar-refractivity contribution in [1.82, 2.24) is 10.3 Å². The molecule has 0 aliphatic heterocycles. The molecule has 2 aromatic carbocycles. The average Bonchev–Trinajstić information content (AvgIpc) is 3.06. The summed E-state index contributed by atoms with van der Waals surface area (Å²) in [7, 11) is 0. The van der Waals surface area contributed by atoms with E-state index in [1.165, 1.54) is 24.6 Å². The molecule has 0 unspecified atom stereocenters. The number of aliphatic hydroxyl groups excluding tert-OH is 1. The van der Waals surface area contributed by atoms with Gasteiger partial charge in [0.05, 0.1) is 5.52 Å². The topological polar surface area (TPSA) is 65.1 Å². The molecular weight excluding hydrogens is 381 g/mol. The van der Waals surface area contributed by atoms with E-state index in [0.717, 1.165) is 18.9 Å². The van der Waals surface area contributed by atoms with Crippen molar-refractivity contribution in [3.63, 3.8) is 0 Å². The van der Waals surface area contributed by atoms with E-state index in [1.54, 1.807) is 18.2 Å². The predicted molar refractivity (Wildman–Crippen MR) is 106 cm³/mol. The van der Waals surface area contributed by atoms with E-state index < -0.39 is 11.6 Å². The molecule has 1 amide bonds. The Morgan fingerprint density at radius 2 is 1.79 bits per heavy atom. The molecule has 4 rings (SSSR count). The molecule has 0 saturated heterocycles. The number of carbonyl (C=O) groups excluding carboxylic acids is 1. The van der Waals surface area contributed by atoms with Crippen molar-refractivity contribution in [2.24, 2.45) is 5.92 Å². The number of aromatic nitrogens is 1. The Morgan fingerprint density at radius 1 is 1.07 bits per heavy atom. The monoisotopic (exact) mass is 404 g/mol. The Kier molecular flexibility index (Phi) is 6.93. The van der Waals surface area contributed by atoms with Crippen molar-refractivity contribution < 1.29 is 23.1 Å². The maximum atomic E-state index is 13.5. The van der Waals surface area contributed by atoms with Crippen LogP contribution >= 0.6 is 0 Å². The summed E-state index contributed by atoms with van der Waals surface area (Å²) in [5.74, 6) is -1.16. The molecule has 0 atom stereocenters. The zero-order chi connectivity index (χ0) is 20.8. The quantitative estimate of drug-likeness (QED) is 0.547. The van der Waals surface area contributed by atoms with E-state index in [0.29, 0.717) is 29.6 Å². The Bertz CT molecular complexity index is 966. The molecule has 1 saturated carbocycles. The summed E-state index contributed by atoms with van der Waals surface area (Å²) in [6, 6.07) is 9.50. The number of hydrogen-bond acceptors (Lipinski definition) is 2. The molecule has 1 fully saturated rings. The number of amides is 1. The first-order chi connectivity index (χ1) is 14.0. The van der Waals surface area contributed by atoms with Crippen LogP contribution in [0.3, 0.4) is 0 Å². The minimum atomic E-state index is -0.640. The summed E-state index contributed by atoms with van der Waals surface area (Å²) in [5, 5.41) is 11.7.